The van der Waals surface area contributed by atoms with E-state index >= 15 is 0 Å². The summed E-state index contributed by atoms with van der Waals surface area (Å²) in [5, 5.41) is 8.66. The van der Waals surface area contributed by atoms with Crippen LogP contribution in [0.25, 0.3) is 0 Å². The summed E-state index contributed by atoms with van der Waals surface area (Å²) in [5.41, 5.74) is 0.811. The monoisotopic (exact) mass is 211 g/mol. The van der Waals surface area contributed by atoms with Crippen molar-refractivity contribution in [2.45, 2.75) is 6.92 Å². The van der Waals surface area contributed by atoms with Crippen molar-refractivity contribution >= 4 is 5.91 Å². The largest absolute Gasteiger partial charge is 0.395 e. The molecule has 0 heterocycles. The normalized spacial score (nSPS) is 10.1. The predicted octanol–water partition coefficient (Wildman–Crippen LogP) is 1.20. The molecule has 3 nitrogen and oxygen atoms in total. The van der Waals surface area contributed by atoms with E-state index < -0.39 is 11.7 Å². The first-order valence-electron chi connectivity index (χ1n) is 4.68. The third-order valence-corrected chi connectivity index (χ3v) is 2.14. The summed E-state index contributed by atoms with van der Waals surface area (Å²) in [4.78, 5) is 12.9. The van der Waals surface area contributed by atoms with E-state index in [-0.39, 0.29) is 18.7 Å². The van der Waals surface area contributed by atoms with Crippen LogP contribution >= 0.6 is 0 Å². The van der Waals surface area contributed by atoms with E-state index in [9.17, 15) is 9.18 Å². The summed E-state index contributed by atoms with van der Waals surface area (Å²) >= 11 is 0. The highest BCUT2D eigenvalue weighted by molar-refractivity contribution is 5.94. The molecule has 1 rings (SSSR count). The molecule has 0 aliphatic heterocycles. The van der Waals surface area contributed by atoms with Gasteiger partial charge in [0.1, 0.15) is 5.82 Å². The van der Waals surface area contributed by atoms with Crippen molar-refractivity contribution in [1.29, 1.82) is 0 Å². The van der Waals surface area contributed by atoms with Crippen molar-refractivity contribution in [2.75, 3.05) is 20.2 Å². The number of nitrogens with zero attached hydrogens (tertiary/aromatic N) is 1. The van der Waals surface area contributed by atoms with Crippen molar-refractivity contribution in [3.63, 3.8) is 0 Å². The van der Waals surface area contributed by atoms with E-state index in [1.54, 1.807) is 13.0 Å². The van der Waals surface area contributed by atoms with E-state index in [0.717, 1.165) is 5.56 Å². The Kier molecular flexibility index (Phi) is 3.80. The molecule has 1 amide bonds. The molecule has 0 aromatic heterocycles. The average Bonchev–Trinajstić information content (AvgIpc) is 2.17. The maximum atomic E-state index is 13.4. The summed E-state index contributed by atoms with van der Waals surface area (Å²) in [6.07, 6.45) is 0. The quantitative estimate of drug-likeness (QED) is 0.816. The van der Waals surface area contributed by atoms with Crippen molar-refractivity contribution in [3.05, 3.63) is 35.1 Å². The molecule has 0 atom stereocenters. The fourth-order valence-electron chi connectivity index (χ4n) is 1.25. The Morgan fingerprint density at radius 3 is 2.73 bits per heavy atom. The SMILES string of the molecule is Cc1ccc(C(=O)N(C)CCO)c(F)c1. The standard InChI is InChI=1S/C11H14FNO2/c1-8-3-4-9(10(12)7-8)11(15)13(2)5-6-14/h3-4,7,14H,5-6H2,1-2H3. The second-order valence-corrected chi connectivity index (χ2v) is 3.43. The van der Waals surface area contributed by atoms with Gasteiger partial charge in [-0.15, -0.1) is 0 Å². The third kappa shape index (κ3) is 2.76. The Labute approximate surface area is 88.1 Å². The molecule has 82 valence electrons. The molecule has 0 unspecified atom stereocenters. The van der Waals surface area contributed by atoms with Crippen molar-refractivity contribution in [2.24, 2.45) is 0 Å². The first-order valence-corrected chi connectivity index (χ1v) is 4.68. The molecule has 0 aliphatic rings. The molecule has 0 aliphatic carbocycles. The minimum atomic E-state index is -0.523. The summed E-state index contributed by atoms with van der Waals surface area (Å²) in [6, 6.07) is 4.46. The average molecular weight is 211 g/mol. The lowest BCUT2D eigenvalue weighted by molar-refractivity contribution is 0.0762. The van der Waals surface area contributed by atoms with Gasteiger partial charge in [0, 0.05) is 13.6 Å². The van der Waals surface area contributed by atoms with Gasteiger partial charge in [-0.2, -0.15) is 0 Å². The van der Waals surface area contributed by atoms with E-state index in [2.05, 4.69) is 0 Å². The highest BCUT2D eigenvalue weighted by Crippen LogP contribution is 2.11. The Bertz CT molecular complexity index is 366. The number of carbonyl (C=O) groups excluding carboxylic acids is 1. The van der Waals surface area contributed by atoms with Crippen LogP contribution in [0.2, 0.25) is 0 Å². The molecule has 0 saturated carbocycles. The molecular weight excluding hydrogens is 197 g/mol. The zero-order valence-corrected chi connectivity index (χ0v) is 8.83. The van der Waals surface area contributed by atoms with Gasteiger partial charge in [0.05, 0.1) is 12.2 Å². The topological polar surface area (TPSA) is 40.5 Å². The molecular formula is C11H14FNO2. The second kappa shape index (κ2) is 4.89. The van der Waals surface area contributed by atoms with Gasteiger partial charge in [-0.3, -0.25) is 4.79 Å². The van der Waals surface area contributed by atoms with Gasteiger partial charge in [0.25, 0.3) is 5.91 Å². The summed E-state index contributed by atoms with van der Waals surface area (Å²) in [7, 11) is 1.53. The van der Waals surface area contributed by atoms with Gasteiger partial charge in [-0.1, -0.05) is 6.07 Å². The summed E-state index contributed by atoms with van der Waals surface area (Å²) in [6.45, 7) is 1.83. The van der Waals surface area contributed by atoms with Crippen LogP contribution in [-0.2, 0) is 0 Å². The van der Waals surface area contributed by atoms with Gasteiger partial charge < -0.3 is 10.0 Å². The lowest BCUT2D eigenvalue weighted by Crippen LogP contribution is -2.30. The van der Waals surface area contributed by atoms with Crippen LogP contribution < -0.4 is 0 Å². The lowest BCUT2D eigenvalue weighted by atomic mass is 10.1. The number of halogens is 1. The van der Waals surface area contributed by atoms with Gasteiger partial charge in [0.15, 0.2) is 0 Å². The summed E-state index contributed by atoms with van der Waals surface area (Å²) in [5.74, 6) is -0.939. The Morgan fingerprint density at radius 2 is 2.20 bits per heavy atom. The number of amides is 1. The van der Waals surface area contributed by atoms with Gasteiger partial charge in [0.2, 0.25) is 0 Å². The van der Waals surface area contributed by atoms with Crippen LogP contribution in [0.5, 0.6) is 0 Å². The van der Waals surface area contributed by atoms with E-state index in [1.165, 1.54) is 24.1 Å². The Morgan fingerprint density at radius 1 is 1.53 bits per heavy atom. The van der Waals surface area contributed by atoms with Crippen LogP contribution in [0, 0.1) is 12.7 Å². The van der Waals surface area contributed by atoms with E-state index in [0.29, 0.717) is 0 Å². The third-order valence-electron chi connectivity index (χ3n) is 2.14. The molecule has 0 spiro atoms. The first kappa shape index (κ1) is 11.7. The number of hydrogen-bond donors (Lipinski definition) is 1. The molecule has 0 radical (unpaired) electrons. The minimum absolute atomic E-state index is 0.0385. The van der Waals surface area contributed by atoms with Gasteiger partial charge >= 0.3 is 0 Å². The number of rotatable bonds is 3. The van der Waals surface area contributed by atoms with Crippen LogP contribution in [0.4, 0.5) is 4.39 Å². The van der Waals surface area contributed by atoms with Crippen LogP contribution in [-0.4, -0.2) is 36.1 Å². The highest BCUT2D eigenvalue weighted by atomic mass is 19.1. The highest BCUT2D eigenvalue weighted by Gasteiger charge is 2.15. The van der Waals surface area contributed by atoms with Crippen molar-refractivity contribution in [1.82, 2.24) is 4.90 Å². The smallest absolute Gasteiger partial charge is 0.256 e. The fourth-order valence-corrected chi connectivity index (χ4v) is 1.25. The molecule has 15 heavy (non-hydrogen) atoms. The molecule has 0 saturated heterocycles. The number of hydrogen-bond acceptors (Lipinski definition) is 2. The Balaban J connectivity index is 2.91. The predicted molar refractivity (Wildman–Crippen MR) is 55.2 cm³/mol. The number of aliphatic hydroxyl groups excluding tert-OH is 1. The Hall–Kier alpha value is -1.42. The van der Waals surface area contributed by atoms with Crippen LogP contribution in [0.1, 0.15) is 15.9 Å². The zero-order valence-electron chi connectivity index (χ0n) is 8.83. The van der Waals surface area contributed by atoms with Crippen LogP contribution in [0.15, 0.2) is 18.2 Å². The number of aryl methyl sites for hydroxylation is 1. The molecule has 1 aromatic rings. The molecule has 0 bridgehead atoms. The fraction of sp³-hybridized carbons (Fsp3) is 0.364. The lowest BCUT2D eigenvalue weighted by Gasteiger charge is -2.16. The van der Waals surface area contributed by atoms with Crippen molar-refractivity contribution < 1.29 is 14.3 Å². The number of carbonyl (C=O) groups is 1. The summed E-state index contributed by atoms with van der Waals surface area (Å²) < 4.78 is 13.4. The number of likely N-dealkylation sites (N-methyl/N-ethyl adjacent to an activating group) is 1. The van der Waals surface area contributed by atoms with Crippen LogP contribution in [0.3, 0.4) is 0 Å². The minimum Gasteiger partial charge on any atom is -0.395 e. The second-order valence-electron chi connectivity index (χ2n) is 3.43. The number of benzene rings is 1. The molecule has 4 heteroatoms. The van der Waals surface area contributed by atoms with Gasteiger partial charge in [-0.25, -0.2) is 4.39 Å². The van der Waals surface area contributed by atoms with E-state index in [4.69, 9.17) is 5.11 Å². The first-order chi connectivity index (χ1) is 7.06. The van der Waals surface area contributed by atoms with Gasteiger partial charge in [-0.05, 0) is 24.6 Å². The molecule has 0 fully saturated rings. The number of aliphatic hydroxyl groups is 1. The maximum absolute atomic E-state index is 13.4. The maximum Gasteiger partial charge on any atom is 0.256 e. The molecule has 1 N–H and O–H groups in total. The van der Waals surface area contributed by atoms with E-state index in [1.807, 2.05) is 0 Å². The zero-order chi connectivity index (χ0) is 11.4. The molecule has 1 aromatic carbocycles. The van der Waals surface area contributed by atoms with Crippen molar-refractivity contribution in [3.8, 4) is 0 Å².